The molecule has 0 radical (unpaired) electrons. The van der Waals surface area contributed by atoms with Crippen molar-refractivity contribution in [2.45, 2.75) is 0 Å². The van der Waals surface area contributed by atoms with Crippen LogP contribution in [0.4, 0.5) is 0 Å². The molecule has 0 aromatic rings. The molecule has 24 valence electrons. The summed E-state index contributed by atoms with van der Waals surface area (Å²) in [5.74, 6) is 0. The standard InChI is InChI=1S/CHN.CH4S/c2*1-2/h1H;2H,1H3. The maximum Gasteiger partial charge on any atom is 0.0462 e. The maximum atomic E-state index is 6.50. The average molecular weight is 75.1 g/mol. The highest BCUT2D eigenvalue weighted by atomic mass is 32.1. The van der Waals surface area contributed by atoms with Crippen LogP contribution in [0, 0.1) is 11.8 Å². The summed E-state index contributed by atoms with van der Waals surface area (Å²) < 4.78 is 0. The highest BCUT2D eigenvalue weighted by molar-refractivity contribution is 7.79. The second-order valence-electron chi connectivity index (χ2n) is 0. The minimum Gasteiger partial charge on any atom is -0.202 e. The van der Waals surface area contributed by atoms with E-state index in [0.717, 1.165) is 0 Å². The molecule has 0 rings (SSSR count). The summed E-state index contributed by atoms with van der Waals surface area (Å²) in [6, 6.07) is 0. The second kappa shape index (κ2) is 376. The third kappa shape index (κ3) is 50.7. The van der Waals surface area contributed by atoms with Crippen LogP contribution in [0.25, 0.3) is 0 Å². The van der Waals surface area contributed by atoms with E-state index in [4.69, 9.17) is 5.26 Å². The molecular formula is C2H5NS. The number of nitrogens with zero attached hydrogens (tertiary/aromatic N) is 1. The third-order valence-corrected chi connectivity index (χ3v) is 0. The van der Waals surface area contributed by atoms with Crippen LogP contribution in [0.15, 0.2) is 0 Å². The molecule has 0 aliphatic heterocycles. The Kier molecular flexibility index (Phi) is 859. The number of hydrogen-bond acceptors (Lipinski definition) is 2. The first-order valence-corrected chi connectivity index (χ1v) is 1.60. The van der Waals surface area contributed by atoms with E-state index in [-0.39, 0.29) is 0 Å². The fourth-order valence-electron chi connectivity index (χ4n) is 0. The van der Waals surface area contributed by atoms with E-state index in [2.05, 4.69) is 19.2 Å². The van der Waals surface area contributed by atoms with Crippen LogP contribution in [-0.4, -0.2) is 6.26 Å². The number of hydrogen-bond donors (Lipinski definition) is 1. The second-order valence-corrected chi connectivity index (χ2v) is 0. The molecule has 0 amide bonds. The van der Waals surface area contributed by atoms with Crippen molar-refractivity contribution < 1.29 is 0 Å². The average Bonchev–Trinajstić information content (AvgIpc) is 1.50. The molecule has 0 fully saturated rings. The van der Waals surface area contributed by atoms with Crippen LogP contribution < -0.4 is 0 Å². The maximum absolute atomic E-state index is 6.50. The smallest absolute Gasteiger partial charge is 0.0462 e. The summed E-state index contributed by atoms with van der Waals surface area (Å²) in [5, 5.41) is 6.50. The Morgan fingerprint density at radius 2 is 1.50 bits per heavy atom. The summed E-state index contributed by atoms with van der Waals surface area (Å²) in [7, 11) is 0. The van der Waals surface area contributed by atoms with Gasteiger partial charge in [0, 0.05) is 6.57 Å². The van der Waals surface area contributed by atoms with Gasteiger partial charge in [-0.2, -0.15) is 12.6 Å². The van der Waals surface area contributed by atoms with Gasteiger partial charge in [-0.1, -0.05) is 0 Å². The Bertz CT molecular complexity index is 10.8. The molecule has 0 bridgehead atoms. The van der Waals surface area contributed by atoms with Crippen LogP contribution in [0.1, 0.15) is 0 Å². The summed E-state index contributed by atoms with van der Waals surface area (Å²) >= 11 is 3.53. The highest BCUT2D eigenvalue weighted by Crippen LogP contribution is 1.31. The number of thiol groups is 1. The lowest BCUT2D eigenvalue weighted by molar-refractivity contribution is 1.58. The van der Waals surface area contributed by atoms with Crippen LogP contribution >= 0.6 is 12.6 Å². The van der Waals surface area contributed by atoms with Gasteiger partial charge < -0.3 is 0 Å². The molecule has 0 N–H and O–H groups in total. The van der Waals surface area contributed by atoms with E-state index in [9.17, 15) is 0 Å². The molecule has 0 aromatic carbocycles. The van der Waals surface area contributed by atoms with Gasteiger partial charge in [-0.25, -0.2) is 5.26 Å². The van der Waals surface area contributed by atoms with E-state index in [1.165, 1.54) is 0 Å². The van der Waals surface area contributed by atoms with E-state index < -0.39 is 0 Å². The first-order valence-electron chi connectivity index (χ1n) is 0.705. The molecule has 0 saturated heterocycles. The van der Waals surface area contributed by atoms with Crippen molar-refractivity contribution in [3.05, 3.63) is 0 Å². The molecular weight excluding hydrogens is 70.1 g/mol. The van der Waals surface area contributed by atoms with Crippen molar-refractivity contribution in [2.24, 2.45) is 0 Å². The fourth-order valence-corrected chi connectivity index (χ4v) is 0. The third-order valence-electron chi connectivity index (χ3n) is 0. The van der Waals surface area contributed by atoms with E-state index >= 15 is 0 Å². The number of nitriles is 1. The summed E-state index contributed by atoms with van der Waals surface area (Å²) in [6.45, 7) is 3.50. The molecule has 0 spiro atoms. The topological polar surface area (TPSA) is 23.8 Å². The van der Waals surface area contributed by atoms with Gasteiger partial charge in [0.15, 0.2) is 0 Å². The van der Waals surface area contributed by atoms with Gasteiger partial charge in [-0.3, -0.25) is 0 Å². The Labute approximate surface area is 31.7 Å². The first kappa shape index (κ1) is 9.15. The molecule has 1 nitrogen and oxygen atoms in total. The SMILES string of the molecule is C#N.CS. The van der Waals surface area contributed by atoms with Gasteiger partial charge >= 0.3 is 0 Å². The van der Waals surface area contributed by atoms with Crippen molar-refractivity contribution in [3.8, 4) is 6.57 Å². The van der Waals surface area contributed by atoms with Crippen LogP contribution in [0.5, 0.6) is 0 Å². The van der Waals surface area contributed by atoms with Crippen LogP contribution in [-0.2, 0) is 0 Å². The molecule has 0 aliphatic rings. The van der Waals surface area contributed by atoms with Crippen LogP contribution in [0.2, 0.25) is 0 Å². The van der Waals surface area contributed by atoms with Gasteiger partial charge in [0.1, 0.15) is 0 Å². The predicted octanol–water partition coefficient (Wildman–Crippen LogP) is 0.686. The van der Waals surface area contributed by atoms with E-state index in [0.29, 0.717) is 0 Å². The summed E-state index contributed by atoms with van der Waals surface area (Å²) in [6.07, 6.45) is 1.69. The molecule has 0 heterocycles. The lowest BCUT2D eigenvalue weighted by atomic mass is 11.9. The highest BCUT2D eigenvalue weighted by Gasteiger charge is 0.901. The summed E-state index contributed by atoms with van der Waals surface area (Å²) in [4.78, 5) is 0. The Hall–Kier alpha value is -0.160. The van der Waals surface area contributed by atoms with Gasteiger partial charge in [0.25, 0.3) is 0 Å². The van der Waals surface area contributed by atoms with Crippen LogP contribution in [0.3, 0.4) is 0 Å². The quantitative estimate of drug-likeness (QED) is 0.421. The van der Waals surface area contributed by atoms with Crippen molar-refractivity contribution in [3.63, 3.8) is 0 Å². The zero-order valence-corrected chi connectivity index (χ0v) is 3.37. The zero-order valence-electron chi connectivity index (χ0n) is 2.47. The largest absolute Gasteiger partial charge is 0.202 e. The molecule has 0 aromatic heterocycles. The lowest BCUT2D eigenvalue weighted by Gasteiger charge is -1.11. The molecule has 0 atom stereocenters. The minimum absolute atomic E-state index is 1.69. The molecule has 0 saturated carbocycles. The molecule has 2 heteroatoms. The Morgan fingerprint density at radius 3 is 1.50 bits per heavy atom. The molecule has 0 aliphatic carbocycles. The fraction of sp³-hybridized carbons (Fsp3) is 0.500. The number of rotatable bonds is 0. The van der Waals surface area contributed by atoms with E-state index in [1.54, 1.807) is 6.26 Å². The first-order chi connectivity index (χ1) is 2.00. The molecule has 4 heavy (non-hydrogen) atoms. The van der Waals surface area contributed by atoms with Gasteiger partial charge in [0.05, 0.1) is 0 Å². The Balaban J connectivity index is 0. The van der Waals surface area contributed by atoms with Gasteiger partial charge in [-0.15, -0.1) is 0 Å². The molecule has 0 unspecified atom stereocenters. The van der Waals surface area contributed by atoms with Crippen molar-refractivity contribution in [1.29, 1.82) is 5.26 Å². The minimum atomic E-state index is 1.69. The van der Waals surface area contributed by atoms with E-state index in [1.807, 2.05) is 0 Å². The Morgan fingerprint density at radius 1 is 1.50 bits per heavy atom. The predicted molar refractivity (Wildman–Crippen MR) is 21.6 cm³/mol. The van der Waals surface area contributed by atoms with Crippen molar-refractivity contribution in [1.82, 2.24) is 0 Å². The van der Waals surface area contributed by atoms with Crippen molar-refractivity contribution >= 4 is 12.6 Å². The normalized spacial score (nSPS) is 2.00. The van der Waals surface area contributed by atoms with Crippen molar-refractivity contribution in [2.75, 3.05) is 6.26 Å². The monoisotopic (exact) mass is 75.0 g/mol. The van der Waals surface area contributed by atoms with Gasteiger partial charge in [0.2, 0.25) is 0 Å². The lowest BCUT2D eigenvalue weighted by Crippen LogP contribution is -0.865. The van der Waals surface area contributed by atoms with Gasteiger partial charge in [-0.05, 0) is 6.26 Å². The summed E-state index contributed by atoms with van der Waals surface area (Å²) in [5.41, 5.74) is 0. The zero-order chi connectivity index (χ0) is 4.00.